The van der Waals surface area contributed by atoms with Gasteiger partial charge in [0.2, 0.25) is 0 Å². The average Bonchev–Trinajstić information content (AvgIpc) is 3.13. The van der Waals surface area contributed by atoms with Gasteiger partial charge in [0.05, 0.1) is 5.60 Å². The van der Waals surface area contributed by atoms with Crippen LogP contribution < -0.4 is 5.32 Å². The Balaban J connectivity index is 1.64. The predicted molar refractivity (Wildman–Crippen MR) is 71.3 cm³/mol. The van der Waals surface area contributed by atoms with Gasteiger partial charge in [0.1, 0.15) is 0 Å². The van der Waals surface area contributed by atoms with Crippen molar-refractivity contribution >= 4 is 0 Å². The lowest BCUT2D eigenvalue weighted by atomic mass is 9.95. The molecule has 100 valence electrons. The van der Waals surface area contributed by atoms with E-state index in [0.29, 0.717) is 6.04 Å². The Morgan fingerprint density at radius 3 is 2.88 bits per heavy atom. The molecule has 1 saturated carbocycles. The number of nitrogens with one attached hydrogen (secondary N) is 1. The number of rotatable bonds is 6. The van der Waals surface area contributed by atoms with Crippen molar-refractivity contribution in [3.8, 4) is 0 Å². The molecule has 2 fully saturated rings. The molecule has 0 aromatic carbocycles. The van der Waals surface area contributed by atoms with Crippen LogP contribution in [0.4, 0.5) is 0 Å². The molecule has 2 unspecified atom stereocenters. The van der Waals surface area contributed by atoms with E-state index in [1.165, 1.54) is 32.2 Å². The van der Waals surface area contributed by atoms with Crippen LogP contribution in [0, 0.1) is 5.92 Å². The van der Waals surface area contributed by atoms with Gasteiger partial charge >= 0.3 is 0 Å². The maximum atomic E-state index is 5.62. The second-order valence-electron chi connectivity index (χ2n) is 6.11. The summed E-state index contributed by atoms with van der Waals surface area (Å²) < 4.78 is 5.62. The normalized spacial score (nSPS) is 32.6. The molecule has 0 radical (unpaired) electrons. The fourth-order valence-electron chi connectivity index (χ4n) is 2.88. The zero-order valence-corrected chi connectivity index (χ0v) is 11.7. The van der Waals surface area contributed by atoms with Crippen LogP contribution in [0.3, 0.4) is 0 Å². The van der Waals surface area contributed by atoms with Crippen LogP contribution >= 0.6 is 0 Å². The summed E-state index contributed by atoms with van der Waals surface area (Å²) in [5.41, 5.74) is 0.0837. The minimum atomic E-state index is 0.0837. The van der Waals surface area contributed by atoms with Crippen molar-refractivity contribution in [2.75, 3.05) is 33.3 Å². The fourth-order valence-corrected chi connectivity index (χ4v) is 2.88. The van der Waals surface area contributed by atoms with Gasteiger partial charge in [-0.15, -0.1) is 0 Å². The number of hydrogen-bond acceptors (Lipinski definition) is 3. The third-order valence-electron chi connectivity index (χ3n) is 4.45. The first-order valence-corrected chi connectivity index (χ1v) is 7.14. The van der Waals surface area contributed by atoms with E-state index < -0.39 is 0 Å². The Morgan fingerprint density at radius 1 is 1.47 bits per heavy atom. The fraction of sp³-hybridized carbons (Fsp3) is 1.00. The number of ether oxygens (including phenoxy) is 1. The van der Waals surface area contributed by atoms with E-state index >= 15 is 0 Å². The molecule has 1 aliphatic heterocycles. The van der Waals surface area contributed by atoms with E-state index in [9.17, 15) is 0 Å². The second kappa shape index (κ2) is 5.68. The van der Waals surface area contributed by atoms with Crippen molar-refractivity contribution in [2.45, 2.75) is 51.2 Å². The monoisotopic (exact) mass is 240 g/mol. The van der Waals surface area contributed by atoms with E-state index in [-0.39, 0.29) is 5.60 Å². The molecule has 0 amide bonds. The number of likely N-dealkylation sites (tertiary alicyclic amines) is 1. The molecular weight excluding hydrogens is 212 g/mol. The minimum absolute atomic E-state index is 0.0837. The van der Waals surface area contributed by atoms with Crippen LogP contribution in [0.2, 0.25) is 0 Å². The Labute approximate surface area is 106 Å². The SMILES string of the molecule is COC1(C)CCCN(CCNC(C)C2CC2)C1. The summed E-state index contributed by atoms with van der Waals surface area (Å²) in [5.74, 6) is 0.959. The lowest BCUT2D eigenvalue weighted by Gasteiger charge is -2.39. The number of nitrogens with zero attached hydrogens (tertiary/aromatic N) is 1. The molecule has 1 N–H and O–H groups in total. The van der Waals surface area contributed by atoms with Crippen molar-refractivity contribution in [1.82, 2.24) is 10.2 Å². The topological polar surface area (TPSA) is 24.5 Å². The molecular formula is C14H28N2O. The van der Waals surface area contributed by atoms with Gasteiger partial charge in [0, 0.05) is 32.8 Å². The molecule has 0 aromatic heterocycles. The molecule has 1 saturated heterocycles. The smallest absolute Gasteiger partial charge is 0.0777 e. The average molecular weight is 240 g/mol. The summed E-state index contributed by atoms with van der Waals surface area (Å²) in [6.07, 6.45) is 5.33. The van der Waals surface area contributed by atoms with Gasteiger partial charge in [-0.25, -0.2) is 0 Å². The second-order valence-corrected chi connectivity index (χ2v) is 6.11. The van der Waals surface area contributed by atoms with Gasteiger partial charge in [-0.1, -0.05) is 0 Å². The molecule has 3 heteroatoms. The number of hydrogen-bond donors (Lipinski definition) is 1. The lowest BCUT2D eigenvalue weighted by molar-refractivity contribution is -0.0503. The van der Waals surface area contributed by atoms with Crippen molar-refractivity contribution in [2.24, 2.45) is 5.92 Å². The summed E-state index contributed by atoms with van der Waals surface area (Å²) in [7, 11) is 1.84. The van der Waals surface area contributed by atoms with E-state index in [1.54, 1.807) is 0 Å². The van der Waals surface area contributed by atoms with Gasteiger partial charge in [0.15, 0.2) is 0 Å². The van der Waals surface area contributed by atoms with Gasteiger partial charge in [-0.05, 0) is 52.0 Å². The number of piperidine rings is 1. The first-order chi connectivity index (χ1) is 8.13. The molecule has 3 nitrogen and oxygen atoms in total. The zero-order valence-electron chi connectivity index (χ0n) is 11.7. The third kappa shape index (κ3) is 3.94. The van der Waals surface area contributed by atoms with Crippen LogP contribution in [0.15, 0.2) is 0 Å². The van der Waals surface area contributed by atoms with Crippen molar-refractivity contribution in [1.29, 1.82) is 0 Å². The summed E-state index contributed by atoms with van der Waals surface area (Å²) in [4.78, 5) is 2.54. The Morgan fingerprint density at radius 2 is 2.24 bits per heavy atom. The van der Waals surface area contributed by atoms with E-state index in [0.717, 1.165) is 25.6 Å². The number of methoxy groups -OCH3 is 1. The molecule has 2 rings (SSSR count). The van der Waals surface area contributed by atoms with Crippen LogP contribution in [0.5, 0.6) is 0 Å². The van der Waals surface area contributed by atoms with Crippen LogP contribution in [0.25, 0.3) is 0 Å². The summed E-state index contributed by atoms with van der Waals surface area (Å²) in [6.45, 7) is 9.17. The highest BCUT2D eigenvalue weighted by Crippen LogP contribution is 2.32. The van der Waals surface area contributed by atoms with E-state index in [1.807, 2.05) is 7.11 Å². The highest BCUT2D eigenvalue weighted by molar-refractivity contribution is 4.86. The van der Waals surface area contributed by atoms with Crippen molar-refractivity contribution in [3.05, 3.63) is 0 Å². The molecule has 2 atom stereocenters. The maximum Gasteiger partial charge on any atom is 0.0777 e. The molecule has 0 aromatic rings. The van der Waals surface area contributed by atoms with Gasteiger partial charge in [-0.3, -0.25) is 4.90 Å². The molecule has 1 heterocycles. The van der Waals surface area contributed by atoms with Crippen molar-refractivity contribution < 1.29 is 4.74 Å². The minimum Gasteiger partial charge on any atom is -0.377 e. The van der Waals surface area contributed by atoms with Crippen molar-refractivity contribution in [3.63, 3.8) is 0 Å². The highest BCUT2D eigenvalue weighted by Gasteiger charge is 2.31. The largest absolute Gasteiger partial charge is 0.377 e. The van der Waals surface area contributed by atoms with Gasteiger partial charge in [-0.2, -0.15) is 0 Å². The standard InChI is InChI=1S/C14H28N2O/c1-12(13-5-6-13)15-8-10-16-9-4-7-14(2,11-16)17-3/h12-13,15H,4-11H2,1-3H3. The Bertz CT molecular complexity index is 242. The van der Waals surface area contributed by atoms with E-state index in [4.69, 9.17) is 4.74 Å². The molecule has 0 bridgehead atoms. The molecule has 0 spiro atoms. The third-order valence-corrected chi connectivity index (χ3v) is 4.45. The van der Waals surface area contributed by atoms with Crippen LogP contribution in [-0.4, -0.2) is 49.8 Å². The summed E-state index contributed by atoms with van der Waals surface area (Å²) in [5, 5.41) is 3.65. The zero-order chi connectivity index (χ0) is 12.3. The van der Waals surface area contributed by atoms with Gasteiger partial charge < -0.3 is 10.1 Å². The van der Waals surface area contributed by atoms with E-state index in [2.05, 4.69) is 24.1 Å². The molecule has 17 heavy (non-hydrogen) atoms. The highest BCUT2D eigenvalue weighted by atomic mass is 16.5. The van der Waals surface area contributed by atoms with Crippen LogP contribution in [-0.2, 0) is 4.74 Å². The Hall–Kier alpha value is -0.120. The summed E-state index contributed by atoms with van der Waals surface area (Å²) in [6, 6.07) is 0.716. The predicted octanol–water partition coefficient (Wildman–Crippen LogP) is 1.88. The maximum absolute atomic E-state index is 5.62. The first kappa shape index (κ1) is 13.3. The van der Waals surface area contributed by atoms with Gasteiger partial charge in [0.25, 0.3) is 0 Å². The summed E-state index contributed by atoms with van der Waals surface area (Å²) >= 11 is 0. The molecule has 2 aliphatic rings. The molecule has 1 aliphatic carbocycles. The first-order valence-electron chi connectivity index (χ1n) is 7.14. The van der Waals surface area contributed by atoms with Crippen LogP contribution in [0.1, 0.15) is 39.5 Å². The quantitative estimate of drug-likeness (QED) is 0.767. The Kier molecular flexibility index (Phi) is 4.45. The lowest BCUT2D eigenvalue weighted by Crippen LogP contribution is -2.49.